The van der Waals surface area contributed by atoms with Gasteiger partial charge in [-0.3, -0.25) is 9.69 Å². The number of likely N-dealkylation sites (tertiary alicyclic amines) is 1. The number of nitrogens with zero attached hydrogens (tertiary/aromatic N) is 2. The van der Waals surface area contributed by atoms with Crippen LogP contribution < -0.4 is 9.47 Å². The number of phenols is 1. The first-order valence-corrected chi connectivity index (χ1v) is 13.3. The van der Waals surface area contributed by atoms with Crippen LogP contribution in [0.1, 0.15) is 48.8 Å². The molecule has 7 rings (SSSR count). The minimum Gasteiger partial charge on any atom is -0.508 e. The summed E-state index contributed by atoms with van der Waals surface area (Å²) in [5.41, 5.74) is 2.86. The van der Waals surface area contributed by atoms with Crippen molar-refractivity contribution in [1.82, 2.24) is 9.80 Å². The zero-order valence-electron chi connectivity index (χ0n) is 21.0. The molecule has 190 valence electrons. The van der Waals surface area contributed by atoms with Crippen molar-refractivity contribution in [2.45, 2.75) is 62.1 Å². The number of ether oxygens (including phenoxy) is 2. The molecule has 3 fully saturated rings. The third-order valence-corrected chi connectivity index (χ3v) is 9.71. The molecule has 1 N–H and O–H groups in total. The van der Waals surface area contributed by atoms with E-state index in [0.29, 0.717) is 23.5 Å². The van der Waals surface area contributed by atoms with Gasteiger partial charge in [0.2, 0.25) is 5.91 Å². The topological polar surface area (TPSA) is 75.4 Å². The number of furan rings is 1. The number of amides is 1. The molecule has 3 aliphatic carbocycles. The summed E-state index contributed by atoms with van der Waals surface area (Å²) < 4.78 is 17.7. The number of phenolic OH excluding ortho intramolecular Hbond substituents is 1. The summed E-state index contributed by atoms with van der Waals surface area (Å²) >= 11 is 0. The van der Waals surface area contributed by atoms with Gasteiger partial charge in [0.1, 0.15) is 11.9 Å². The van der Waals surface area contributed by atoms with Gasteiger partial charge in [-0.05, 0) is 69.0 Å². The smallest absolute Gasteiger partial charge is 0.246 e. The van der Waals surface area contributed by atoms with E-state index in [1.54, 1.807) is 37.9 Å². The molecule has 5 atom stereocenters. The zero-order chi connectivity index (χ0) is 24.6. The van der Waals surface area contributed by atoms with Gasteiger partial charge < -0.3 is 23.9 Å². The van der Waals surface area contributed by atoms with Crippen LogP contribution in [-0.4, -0.2) is 66.2 Å². The predicted molar refractivity (Wildman–Crippen MR) is 134 cm³/mol. The Morgan fingerprint density at radius 3 is 2.94 bits per heavy atom. The number of rotatable bonds is 6. The molecule has 0 unspecified atom stereocenters. The van der Waals surface area contributed by atoms with Crippen LogP contribution in [0.15, 0.2) is 35.2 Å². The fourth-order valence-corrected chi connectivity index (χ4v) is 7.88. The molecule has 2 aromatic rings. The lowest BCUT2D eigenvalue weighted by molar-refractivity contribution is -0.135. The first-order chi connectivity index (χ1) is 17.5. The molecular formula is C29H34N2O5. The molecule has 1 aromatic heterocycles. The normalized spacial score (nSPS) is 32.3. The van der Waals surface area contributed by atoms with Gasteiger partial charge in [0, 0.05) is 53.9 Å². The summed E-state index contributed by atoms with van der Waals surface area (Å²) in [5, 5.41) is 11.1. The van der Waals surface area contributed by atoms with Crippen LogP contribution >= 0.6 is 0 Å². The Labute approximate surface area is 211 Å². The second-order valence-electron chi connectivity index (χ2n) is 11.4. The van der Waals surface area contributed by atoms with E-state index >= 15 is 0 Å². The monoisotopic (exact) mass is 490 g/mol. The molecule has 7 heteroatoms. The van der Waals surface area contributed by atoms with Crippen molar-refractivity contribution in [1.29, 1.82) is 0 Å². The van der Waals surface area contributed by atoms with Gasteiger partial charge in [-0.15, -0.1) is 0 Å². The number of benzene rings is 1. The number of hydrogen-bond donors (Lipinski definition) is 1. The quantitative estimate of drug-likeness (QED) is 0.618. The van der Waals surface area contributed by atoms with E-state index in [1.165, 1.54) is 19.4 Å². The highest BCUT2D eigenvalue weighted by atomic mass is 16.5. The highest BCUT2D eigenvalue weighted by Crippen LogP contribution is 2.65. The molecule has 2 aliphatic heterocycles. The first kappa shape index (κ1) is 22.3. The van der Waals surface area contributed by atoms with Crippen molar-refractivity contribution in [2.75, 3.05) is 27.2 Å². The number of hydrogen-bond acceptors (Lipinski definition) is 6. The molecule has 1 spiro atoms. The Bertz CT molecular complexity index is 1220. The number of carbonyl (C=O) groups excluding carboxylic acids is 1. The Kier molecular flexibility index (Phi) is 4.97. The second kappa shape index (κ2) is 8.04. The molecule has 0 radical (unpaired) electrons. The fourth-order valence-electron chi connectivity index (χ4n) is 7.88. The first-order valence-electron chi connectivity index (χ1n) is 13.3. The van der Waals surface area contributed by atoms with E-state index in [0.717, 1.165) is 60.6 Å². The summed E-state index contributed by atoms with van der Waals surface area (Å²) in [6.07, 6.45) is 13.0. The molecule has 1 amide bonds. The van der Waals surface area contributed by atoms with E-state index in [9.17, 15) is 9.90 Å². The summed E-state index contributed by atoms with van der Waals surface area (Å²) in [7, 11) is 3.53. The van der Waals surface area contributed by atoms with E-state index in [1.807, 2.05) is 18.0 Å². The lowest BCUT2D eigenvalue weighted by Gasteiger charge is -2.60. The lowest BCUT2D eigenvalue weighted by Crippen LogP contribution is -2.69. The van der Waals surface area contributed by atoms with Crippen molar-refractivity contribution >= 4 is 12.0 Å². The Morgan fingerprint density at radius 1 is 1.33 bits per heavy atom. The maximum atomic E-state index is 13.3. The maximum absolute atomic E-state index is 13.3. The predicted octanol–water partition coefficient (Wildman–Crippen LogP) is 3.98. The second-order valence-corrected chi connectivity index (χ2v) is 11.4. The number of likely N-dealkylation sites (N-methyl/N-ethyl adjacent to an activating group) is 1. The maximum Gasteiger partial charge on any atom is 0.246 e. The van der Waals surface area contributed by atoms with Gasteiger partial charge in [-0.2, -0.15) is 0 Å². The summed E-state index contributed by atoms with van der Waals surface area (Å²) in [4.78, 5) is 17.8. The highest BCUT2D eigenvalue weighted by Gasteiger charge is 2.67. The van der Waals surface area contributed by atoms with Crippen molar-refractivity contribution in [3.63, 3.8) is 0 Å². The van der Waals surface area contributed by atoms with E-state index < -0.39 is 0 Å². The van der Waals surface area contributed by atoms with E-state index in [4.69, 9.17) is 13.9 Å². The fraction of sp³-hybridized carbons (Fsp3) is 0.552. The summed E-state index contributed by atoms with van der Waals surface area (Å²) in [5.74, 6) is 2.95. The molecule has 5 aliphatic rings. The molecule has 2 saturated carbocycles. The molecule has 2 bridgehead atoms. The van der Waals surface area contributed by atoms with Crippen LogP contribution in [0.25, 0.3) is 6.08 Å². The van der Waals surface area contributed by atoms with Crippen molar-refractivity contribution in [3.05, 3.63) is 47.4 Å². The van der Waals surface area contributed by atoms with E-state index in [-0.39, 0.29) is 23.5 Å². The lowest BCUT2D eigenvalue weighted by atomic mass is 9.50. The van der Waals surface area contributed by atoms with Gasteiger partial charge in [0.05, 0.1) is 25.7 Å². The molecule has 1 aromatic carbocycles. The average Bonchev–Trinajstić information content (AvgIpc) is 3.41. The van der Waals surface area contributed by atoms with Gasteiger partial charge >= 0.3 is 0 Å². The SMILES string of the molecule is COc1cc(O)c2c3c1O[C@H]1[C@H](N(C)C(=O)/C=C/c4ccoc4)CC[C@H]4[C@@H](C2)N(CC2CC2)CC[C@@]341. The molecule has 7 nitrogen and oxygen atoms in total. The molecule has 3 heterocycles. The van der Waals surface area contributed by atoms with Crippen LogP contribution in [0, 0.1) is 11.8 Å². The van der Waals surface area contributed by atoms with Gasteiger partial charge in [0.15, 0.2) is 11.5 Å². The van der Waals surface area contributed by atoms with E-state index in [2.05, 4.69) is 4.90 Å². The van der Waals surface area contributed by atoms with Crippen molar-refractivity contribution in [3.8, 4) is 17.2 Å². The van der Waals surface area contributed by atoms with Gasteiger partial charge in [-0.25, -0.2) is 0 Å². The Morgan fingerprint density at radius 2 is 2.19 bits per heavy atom. The van der Waals surface area contributed by atoms with Crippen LogP contribution in [0.5, 0.6) is 17.2 Å². The van der Waals surface area contributed by atoms with Crippen molar-refractivity contribution < 1.29 is 23.8 Å². The number of aromatic hydroxyl groups is 1. The molecule has 1 saturated heterocycles. The number of methoxy groups -OCH3 is 1. The Balaban J connectivity index is 1.28. The molecular weight excluding hydrogens is 456 g/mol. The van der Waals surface area contributed by atoms with Crippen LogP contribution in [-0.2, 0) is 16.6 Å². The summed E-state index contributed by atoms with van der Waals surface area (Å²) in [6.45, 7) is 2.21. The third kappa shape index (κ3) is 3.11. The minimum absolute atomic E-state index is 0.0378. The largest absolute Gasteiger partial charge is 0.508 e. The third-order valence-electron chi connectivity index (χ3n) is 9.71. The minimum atomic E-state index is -0.203. The number of carbonyl (C=O) groups is 1. The average molecular weight is 491 g/mol. The van der Waals surface area contributed by atoms with Crippen molar-refractivity contribution in [2.24, 2.45) is 11.8 Å². The van der Waals surface area contributed by atoms with Gasteiger partial charge in [0.25, 0.3) is 0 Å². The highest BCUT2D eigenvalue weighted by molar-refractivity contribution is 5.91. The van der Waals surface area contributed by atoms with Crippen LogP contribution in [0.3, 0.4) is 0 Å². The molecule has 36 heavy (non-hydrogen) atoms. The van der Waals surface area contributed by atoms with Crippen LogP contribution in [0.2, 0.25) is 0 Å². The summed E-state index contributed by atoms with van der Waals surface area (Å²) in [6, 6.07) is 3.92. The van der Waals surface area contributed by atoms with Gasteiger partial charge in [-0.1, -0.05) is 0 Å². The standard InChI is InChI=1S/C29H34N2O5/c1-30(25(33)8-5-18-9-12-35-16-18)21-7-6-20-22-13-19-23(32)14-24(34-2)27-26(19)29(20,28(21)36-27)10-11-31(22)15-17-3-4-17/h5,8-9,12,14,16-17,20-22,28,32H,3-4,6-7,10-11,13,15H2,1-2H3/b8-5+/t20-,21+,22+,28-,29-/m0/s1. The zero-order valence-corrected chi connectivity index (χ0v) is 21.0. The van der Waals surface area contributed by atoms with Crippen LogP contribution in [0.4, 0.5) is 0 Å². The number of piperidine rings is 1. The Hall–Kier alpha value is -2.93.